The molecule has 1 atom stereocenters. The van der Waals surface area contributed by atoms with Crippen molar-refractivity contribution < 1.29 is 19.2 Å². The van der Waals surface area contributed by atoms with Crippen LogP contribution in [0.5, 0.6) is 5.75 Å². The zero-order valence-electron chi connectivity index (χ0n) is 10.5. The second-order valence-electron chi connectivity index (χ2n) is 4.35. The fourth-order valence-corrected chi connectivity index (χ4v) is 2.58. The number of nitrogens with zero attached hydrogens (tertiary/aromatic N) is 2. The Morgan fingerprint density at radius 2 is 2.30 bits per heavy atom. The number of rotatable bonds is 5. The van der Waals surface area contributed by atoms with Gasteiger partial charge in [-0.15, -0.1) is 11.8 Å². The van der Waals surface area contributed by atoms with Crippen LogP contribution in [0.2, 0.25) is 0 Å². The van der Waals surface area contributed by atoms with Crippen molar-refractivity contribution in [3.63, 3.8) is 0 Å². The maximum absolute atomic E-state index is 10.4. The van der Waals surface area contributed by atoms with Gasteiger partial charge in [0.1, 0.15) is 5.75 Å². The first-order valence-corrected chi connectivity index (χ1v) is 7.24. The first kappa shape index (κ1) is 13.0. The third kappa shape index (κ3) is 2.77. The molecule has 0 spiro atoms. The molecule has 20 heavy (non-hydrogen) atoms. The molecule has 1 N–H and O–H groups in total. The largest absolute Gasteiger partial charge is 0.482 e. The number of aliphatic carboxylic acids is 1. The molecule has 0 fully saturated rings. The molecule has 104 valence electrons. The third-order valence-corrected chi connectivity index (χ3v) is 3.77. The summed E-state index contributed by atoms with van der Waals surface area (Å²) in [6.45, 7) is 0. The molecule has 6 nitrogen and oxygen atoms in total. The summed E-state index contributed by atoms with van der Waals surface area (Å²) in [7, 11) is 0. The molecule has 1 aromatic carbocycles. The van der Waals surface area contributed by atoms with Gasteiger partial charge in [0.05, 0.1) is 11.5 Å². The number of aromatic nitrogens is 2. The summed E-state index contributed by atoms with van der Waals surface area (Å²) in [6, 6.07) is 7.82. The zero-order valence-corrected chi connectivity index (χ0v) is 11.3. The minimum Gasteiger partial charge on any atom is -0.482 e. The second-order valence-corrected chi connectivity index (χ2v) is 5.34. The van der Waals surface area contributed by atoms with Gasteiger partial charge in [-0.2, -0.15) is 4.98 Å². The monoisotopic (exact) mass is 292 g/mol. The molecule has 2 aromatic rings. The van der Waals surface area contributed by atoms with E-state index in [0.29, 0.717) is 17.5 Å². The minimum absolute atomic E-state index is 0.0169. The molecule has 3 rings (SSSR count). The van der Waals surface area contributed by atoms with Gasteiger partial charge in [-0.25, -0.2) is 0 Å². The van der Waals surface area contributed by atoms with Gasteiger partial charge in [-0.1, -0.05) is 23.4 Å². The van der Waals surface area contributed by atoms with Crippen LogP contribution in [-0.2, 0) is 17.0 Å². The number of ether oxygens (including phenoxy) is 1. The van der Waals surface area contributed by atoms with Crippen molar-refractivity contribution >= 4 is 17.7 Å². The summed E-state index contributed by atoms with van der Waals surface area (Å²) in [5.74, 6) is 1.33. The van der Waals surface area contributed by atoms with Gasteiger partial charge in [-0.3, -0.25) is 4.79 Å². The Balaban J connectivity index is 1.62. The van der Waals surface area contributed by atoms with Crippen molar-refractivity contribution in [1.82, 2.24) is 10.1 Å². The van der Waals surface area contributed by atoms with Crippen LogP contribution >= 0.6 is 11.8 Å². The first-order valence-electron chi connectivity index (χ1n) is 6.09. The minimum atomic E-state index is -0.857. The van der Waals surface area contributed by atoms with Crippen LogP contribution in [0.25, 0.3) is 0 Å². The van der Waals surface area contributed by atoms with Crippen molar-refractivity contribution in [2.24, 2.45) is 0 Å². The van der Waals surface area contributed by atoms with Crippen molar-refractivity contribution in [2.45, 2.75) is 18.3 Å². The number of hydrogen-bond acceptors (Lipinski definition) is 6. The number of carboxylic acids is 1. The van der Waals surface area contributed by atoms with E-state index in [-0.39, 0.29) is 11.9 Å². The van der Waals surface area contributed by atoms with Gasteiger partial charge in [0.2, 0.25) is 11.7 Å². The van der Waals surface area contributed by atoms with Crippen LogP contribution in [0, 0.1) is 0 Å². The van der Waals surface area contributed by atoms with E-state index in [1.165, 1.54) is 11.8 Å². The number of para-hydroxylation sites is 1. The smallest absolute Gasteiger partial charge is 0.313 e. The summed E-state index contributed by atoms with van der Waals surface area (Å²) in [6.07, 6.45) is 0.492. The molecular weight excluding hydrogens is 280 g/mol. The SMILES string of the molecule is O=C(O)CSCc1nc(C2Cc3ccccc3O2)no1. The Morgan fingerprint density at radius 1 is 1.45 bits per heavy atom. The molecule has 0 bridgehead atoms. The lowest BCUT2D eigenvalue weighted by Crippen LogP contribution is -2.05. The highest BCUT2D eigenvalue weighted by atomic mass is 32.2. The van der Waals surface area contributed by atoms with Crippen molar-refractivity contribution in [3.8, 4) is 5.75 Å². The van der Waals surface area contributed by atoms with E-state index in [2.05, 4.69) is 10.1 Å². The number of fused-ring (bicyclic) bond motifs is 1. The topological polar surface area (TPSA) is 85.5 Å². The number of hydrogen-bond donors (Lipinski definition) is 1. The van der Waals surface area contributed by atoms with Crippen LogP contribution in [0.3, 0.4) is 0 Å². The molecule has 1 unspecified atom stereocenters. The maximum Gasteiger partial charge on any atom is 0.313 e. The molecule has 0 amide bonds. The summed E-state index contributed by atoms with van der Waals surface area (Å²) >= 11 is 1.22. The highest BCUT2D eigenvalue weighted by Crippen LogP contribution is 2.35. The molecule has 1 aromatic heterocycles. The molecule has 1 aliphatic rings. The predicted molar refractivity (Wildman–Crippen MR) is 71.6 cm³/mol. The highest BCUT2D eigenvalue weighted by Gasteiger charge is 2.28. The van der Waals surface area contributed by atoms with Crippen molar-refractivity contribution in [1.29, 1.82) is 0 Å². The molecule has 0 aliphatic carbocycles. The fraction of sp³-hybridized carbons (Fsp3) is 0.308. The average Bonchev–Trinajstić information content (AvgIpc) is 3.03. The fourth-order valence-electron chi connectivity index (χ4n) is 2.01. The lowest BCUT2D eigenvalue weighted by molar-refractivity contribution is -0.133. The Hall–Kier alpha value is -2.02. The Bertz CT molecular complexity index is 603. The molecule has 1 aliphatic heterocycles. The lowest BCUT2D eigenvalue weighted by Gasteiger charge is -2.04. The Morgan fingerprint density at radius 3 is 3.10 bits per heavy atom. The van der Waals surface area contributed by atoms with Gasteiger partial charge < -0.3 is 14.4 Å². The summed E-state index contributed by atoms with van der Waals surface area (Å²) in [5, 5.41) is 12.5. The van der Waals surface area contributed by atoms with Crippen LogP contribution < -0.4 is 4.74 Å². The summed E-state index contributed by atoms with van der Waals surface area (Å²) in [5.41, 5.74) is 1.13. The van der Waals surface area contributed by atoms with Crippen LogP contribution in [-0.4, -0.2) is 27.0 Å². The number of benzene rings is 1. The van der Waals surface area contributed by atoms with Crippen molar-refractivity contribution in [2.75, 3.05) is 5.75 Å². The summed E-state index contributed by atoms with van der Waals surface area (Å²) < 4.78 is 10.9. The molecule has 7 heteroatoms. The number of carbonyl (C=O) groups is 1. The van der Waals surface area contributed by atoms with Crippen molar-refractivity contribution in [3.05, 3.63) is 41.5 Å². The van der Waals surface area contributed by atoms with Crippen LogP contribution in [0.15, 0.2) is 28.8 Å². The van der Waals surface area contributed by atoms with Crippen LogP contribution in [0.1, 0.15) is 23.4 Å². The highest BCUT2D eigenvalue weighted by molar-refractivity contribution is 7.99. The number of thioether (sulfide) groups is 1. The first-order chi connectivity index (χ1) is 9.72. The van der Waals surface area contributed by atoms with E-state index in [1.807, 2.05) is 24.3 Å². The van der Waals surface area contributed by atoms with Gasteiger partial charge in [-0.05, 0) is 11.6 Å². The quantitative estimate of drug-likeness (QED) is 0.902. The van der Waals surface area contributed by atoms with Gasteiger partial charge in [0.25, 0.3) is 0 Å². The Labute approximate surface area is 119 Å². The third-order valence-electron chi connectivity index (χ3n) is 2.87. The van der Waals surface area contributed by atoms with E-state index < -0.39 is 5.97 Å². The van der Waals surface area contributed by atoms with E-state index in [1.54, 1.807) is 0 Å². The lowest BCUT2D eigenvalue weighted by atomic mass is 10.1. The summed E-state index contributed by atoms with van der Waals surface area (Å²) in [4.78, 5) is 14.7. The second kappa shape index (κ2) is 5.54. The number of carboxylic acid groups (broad SMARTS) is 1. The van der Waals surface area contributed by atoms with Gasteiger partial charge in [0.15, 0.2) is 6.10 Å². The van der Waals surface area contributed by atoms with E-state index in [0.717, 1.165) is 17.7 Å². The molecule has 0 saturated heterocycles. The van der Waals surface area contributed by atoms with Gasteiger partial charge >= 0.3 is 5.97 Å². The van der Waals surface area contributed by atoms with E-state index >= 15 is 0 Å². The Kier molecular flexibility index (Phi) is 3.60. The molecular formula is C13H12N2O4S. The normalized spacial score (nSPS) is 16.7. The van der Waals surface area contributed by atoms with Gasteiger partial charge in [0, 0.05) is 6.42 Å². The molecule has 0 saturated carbocycles. The molecule has 2 heterocycles. The predicted octanol–water partition coefficient (Wildman–Crippen LogP) is 2.06. The maximum atomic E-state index is 10.4. The van der Waals surface area contributed by atoms with E-state index in [4.69, 9.17) is 14.4 Å². The molecule has 0 radical (unpaired) electrons. The standard InChI is InChI=1S/C13H12N2O4S/c16-12(17)7-20-6-11-14-13(15-19-11)10-5-8-3-1-2-4-9(8)18-10/h1-4,10H,5-7H2,(H,16,17). The van der Waals surface area contributed by atoms with Crippen LogP contribution in [0.4, 0.5) is 0 Å². The zero-order chi connectivity index (χ0) is 13.9. The average molecular weight is 292 g/mol. The van der Waals surface area contributed by atoms with E-state index in [9.17, 15) is 4.79 Å².